The number of ether oxygens (including phenoxy) is 1. The Balaban J connectivity index is 1.37. The maximum absolute atomic E-state index is 13.1. The molecule has 1 aliphatic heterocycles. The van der Waals surface area contributed by atoms with Gasteiger partial charge < -0.3 is 9.84 Å². The van der Waals surface area contributed by atoms with Gasteiger partial charge in [0.25, 0.3) is 0 Å². The number of anilines is 1. The van der Waals surface area contributed by atoms with Gasteiger partial charge in [-0.25, -0.2) is 4.79 Å². The molecule has 0 saturated heterocycles. The molecule has 0 aromatic heterocycles. The molecule has 1 N–H and O–H groups in total. The van der Waals surface area contributed by atoms with Gasteiger partial charge in [0.15, 0.2) is 0 Å². The summed E-state index contributed by atoms with van der Waals surface area (Å²) in [6.07, 6.45) is 1.25. The first-order chi connectivity index (χ1) is 14.8. The maximum atomic E-state index is 13.1. The second-order valence-electron chi connectivity index (χ2n) is 8.01. The summed E-state index contributed by atoms with van der Waals surface area (Å²) in [5.41, 5.74) is 6.90. The smallest absolute Gasteiger partial charge is 0.414 e. The summed E-state index contributed by atoms with van der Waals surface area (Å²) >= 11 is 0. The van der Waals surface area contributed by atoms with Crippen LogP contribution in [0.1, 0.15) is 41.4 Å². The Kier molecular flexibility index (Phi) is 5.01. The second kappa shape index (κ2) is 7.96. The number of hydrogen-bond donors (Lipinski definition) is 1. The van der Waals surface area contributed by atoms with Crippen LogP contribution >= 0.6 is 0 Å². The number of carbonyl (C=O) groups is 1. The molecule has 30 heavy (non-hydrogen) atoms. The maximum Gasteiger partial charge on any atom is 0.414 e. The average Bonchev–Trinajstić information content (AvgIpc) is 3.12. The van der Waals surface area contributed by atoms with E-state index in [2.05, 4.69) is 42.5 Å². The van der Waals surface area contributed by atoms with Crippen molar-refractivity contribution in [1.29, 1.82) is 0 Å². The van der Waals surface area contributed by atoms with Crippen LogP contribution in [0.3, 0.4) is 0 Å². The first kappa shape index (κ1) is 18.9. The van der Waals surface area contributed by atoms with E-state index >= 15 is 0 Å². The predicted octanol–water partition coefficient (Wildman–Crippen LogP) is 5.31. The fraction of sp³-hybridized carbons (Fsp3) is 0.269. The monoisotopic (exact) mass is 399 g/mol. The molecule has 0 bridgehead atoms. The summed E-state index contributed by atoms with van der Waals surface area (Å²) in [6.45, 7) is 1.09. The van der Waals surface area contributed by atoms with Crippen LogP contribution in [-0.4, -0.2) is 31.0 Å². The number of carbonyl (C=O) groups excluding carboxylic acids is 1. The molecule has 152 valence electrons. The SMILES string of the molecule is O=C(OCC1c2ccccc2-c2ccccc21)N1CCC(CCO)c2ccccc21. The number of aliphatic hydroxyl groups is 1. The van der Waals surface area contributed by atoms with Crippen molar-refractivity contribution in [3.05, 3.63) is 89.5 Å². The van der Waals surface area contributed by atoms with E-state index < -0.39 is 0 Å². The van der Waals surface area contributed by atoms with Crippen LogP contribution in [-0.2, 0) is 4.74 Å². The van der Waals surface area contributed by atoms with E-state index in [0.717, 1.165) is 24.1 Å². The third-order valence-corrected chi connectivity index (χ3v) is 6.40. The van der Waals surface area contributed by atoms with Crippen molar-refractivity contribution in [2.75, 3.05) is 24.7 Å². The van der Waals surface area contributed by atoms with Crippen LogP contribution in [0.25, 0.3) is 11.1 Å². The molecule has 0 spiro atoms. The number of aliphatic hydroxyl groups excluding tert-OH is 1. The quantitative estimate of drug-likeness (QED) is 0.647. The van der Waals surface area contributed by atoms with E-state index in [9.17, 15) is 9.90 Å². The van der Waals surface area contributed by atoms with Crippen molar-refractivity contribution in [3.63, 3.8) is 0 Å². The first-order valence-electron chi connectivity index (χ1n) is 10.6. The molecule has 3 aromatic carbocycles. The minimum absolute atomic E-state index is 0.0588. The predicted molar refractivity (Wildman–Crippen MR) is 118 cm³/mol. The highest BCUT2D eigenvalue weighted by molar-refractivity contribution is 5.89. The lowest BCUT2D eigenvalue weighted by molar-refractivity contribution is 0.149. The van der Waals surface area contributed by atoms with E-state index in [0.29, 0.717) is 13.2 Å². The number of fused-ring (bicyclic) bond motifs is 4. The van der Waals surface area contributed by atoms with Crippen molar-refractivity contribution >= 4 is 11.8 Å². The molecule has 0 fully saturated rings. The zero-order chi connectivity index (χ0) is 20.5. The molecule has 1 atom stereocenters. The molecule has 0 saturated carbocycles. The van der Waals surface area contributed by atoms with Gasteiger partial charge in [-0.3, -0.25) is 4.90 Å². The standard InChI is InChI=1S/C26H25NO3/c28-16-14-18-13-15-27(25-12-6-5-7-19(18)25)26(29)30-17-24-22-10-3-1-8-20(22)21-9-2-4-11-23(21)24/h1-12,18,24,28H,13-17H2. The van der Waals surface area contributed by atoms with Gasteiger partial charge >= 0.3 is 6.09 Å². The van der Waals surface area contributed by atoms with Crippen LogP contribution in [0, 0.1) is 0 Å². The lowest BCUT2D eigenvalue weighted by atomic mass is 9.88. The van der Waals surface area contributed by atoms with Crippen LogP contribution in [0.2, 0.25) is 0 Å². The van der Waals surface area contributed by atoms with Crippen molar-refractivity contribution in [2.24, 2.45) is 0 Å². The summed E-state index contributed by atoms with van der Waals surface area (Å²) in [4.78, 5) is 14.8. The molecule has 1 aliphatic carbocycles. The third-order valence-electron chi connectivity index (χ3n) is 6.40. The Morgan fingerprint density at radius 1 is 0.900 bits per heavy atom. The summed E-state index contributed by atoms with van der Waals surface area (Å²) in [5.74, 6) is 0.340. The molecule has 1 unspecified atom stereocenters. The molecule has 1 amide bonds. The van der Waals surface area contributed by atoms with Gasteiger partial charge in [0.05, 0.1) is 5.69 Å². The molecule has 3 aromatic rings. The van der Waals surface area contributed by atoms with Crippen LogP contribution in [0.15, 0.2) is 72.8 Å². The topological polar surface area (TPSA) is 49.8 Å². The molecule has 0 radical (unpaired) electrons. The number of rotatable bonds is 4. The zero-order valence-corrected chi connectivity index (χ0v) is 16.8. The molecule has 4 nitrogen and oxygen atoms in total. The number of para-hydroxylation sites is 1. The van der Waals surface area contributed by atoms with E-state index in [1.54, 1.807) is 4.90 Å². The van der Waals surface area contributed by atoms with E-state index in [-0.39, 0.29) is 24.5 Å². The number of nitrogens with zero attached hydrogens (tertiary/aromatic N) is 1. The highest BCUT2D eigenvalue weighted by Crippen LogP contribution is 2.45. The Hall–Kier alpha value is -3.11. The number of benzene rings is 3. The largest absolute Gasteiger partial charge is 0.448 e. The Labute approximate surface area is 176 Å². The van der Waals surface area contributed by atoms with Gasteiger partial charge in [-0.15, -0.1) is 0 Å². The van der Waals surface area contributed by atoms with Gasteiger partial charge in [0, 0.05) is 19.1 Å². The average molecular weight is 399 g/mol. The van der Waals surface area contributed by atoms with Crippen LogP contribution < -0.4 is 4.90 Å². The molecule has 4 heteroatoms. The molecular weight excluding hydrogens is 374 g/mol. The fourth-order valence-corrected chi connectivity index (χ4v) is 4.96. The normalized spacial score (nSPS) is 17.2. The van der Waals surface area contributed by atoms with Crippen LogP contribution in [0.5, 0.6) is 0 Å². The van der Waals surface area contributed by atoms with E-state index in [1.807, 2.05) is 30.3 Å². The van der Waals surface area contributed by atoms with Gasteiger partial charge in [-0.1, -0.05) is 66.7 Å². The van der Waals surface area contributed by atoms with Gasteiger partial charge in [-0.05, 0) is 52.6 Å². The highest BCUT2D eigenvalue weighted by Gasteiger charge is 2.32. The van der Waals surface area contributed by atoms with Gasteiger partial charge in [0.2, 0.25) is 0 Å². The van der Waals surface area contributed by atoms with Crippen LogP contribution in [0.4, 0.5) is 10.5 Å². The molecule has 1 heterocycles. The Bertz CT molecular complexity index is 1030. The summed E-state index contributed by atoms with van der Waals surface area (Å²) in [5, 5.41) is 9.38. The van der Waals surface area contributed by atoms with E-state index in [1.165, 1.54) is 22.3 Å². The first-order valence-corrected chi connectivity index (χ1v) is 10.6. The molecule has 5 rings (SSSR count). The number of amides is 1. The summed E-state index contributed by atoms with van der Waals surface area (Å²) in [6, 6.07) is 24.7. The van der Waals surface area contributed by atoms with Crippen molar-refractivity contribution < 1.29 is 14.6 Å². The minimum Gasteiger partial charge on any atom is -0.448 e. The fourth-order valence-electron chi connectivity index (χ4n) is 4.96. The summed E-state index contributed by atoms with van der Waals surface area (Å²) in [7, 11) is 0. The lowest BCUT2D eigenvalue weighted by Crippen LogP contribution is -2.37. The van der Waals surface area contributed by atoms with Gasteiger partial charge in [-0.2, -0.15) is 0 Å². The highest BCUT2D eigenvalue weighted by atomic mass is 16.6. The second-order valence-corrected chi connectivity index (χ2v) is 8.01. The van der Waals surface area contributed by atoms with Crippen molar-refractivity contribution in [3.8, 4) is 11.1 Å². The summed E-state index contributed by atoms with van der Waals surface area (Å²) < 4.78 is 5.87. The Morgan fingerprint density at radius 3 is 2.17 bits per heavy atom. The van der Waals surface area contributed by atoms with Gasteiger partial charge in [0.1, 0.15) is 6.61 Å². The zero-order valence-electron chi connectivity index (χ0n) is 16.8. The number of hydrogen-bond acceptors (Lipinski definition) is 3. The van der Waals surface area contributed by atoms with E-state index in [4.69, 9.17) is 4.74 Å². The Morgan fingerprint density at radius 2 is 1.50 bits per heavy atom. The minimum atomic E-state index is -0.299. The molecule has 2 aliphatic rings. The van der Waals surface area contributed by atoms with Crippen molar-refractivity contribution in [2.45, 2.75) is 24.7 Å². The van der Waals surface area contributed by atoms with Crippen molar-refractivity contribution in [1.82, 2.24) is 0 Å². The molecular formula is C26H25NO3. The lowest BCUT2D eigenvalue weighted by Gasteiger charge is -2.33. The third kappa shape index (κ3) is 3.17.